The first-order chi connectivity index (χ1) is 9.15. The van der Waals surface area contributed by atoms with Crippen LogP contribution in [0.15, 0.2) is 11.0 Å². The fourth-order valence-corrected chi connectivity index (χ4v) is 3.31. The molecule has 0 bridgehead atoms. The van der Waals surface area contributed by atoms with Crippen molar-refractivity contribution < 1.29 is 0 Å². The highest BCUT2D eigenvalue weighted by Gasteiger charge is 2.33. The highest BCUT2D eigenvalue weighted by atomic mass is 32.1. The smallest absolute Gasteiger partial charge is 0.267 e. The molecule has 0 aliphatic heterocycles. The molecule has 2 aromatic rings. The summed E-state index contributed by atoms with van der Waals surface area (Å²) in [6, 6.07) is 0. The summed E-state index contributed by atoms with van der Waals surface area (Å²) in [5.41, 5.74) is 0.524. The first kappa shape index (κ1) is 12.7. The molecule has 0 spiro atoms. The molecule has 6 nitrogen and oxygen atoms in total. The summed E-state index contributed by atoms with van der Waals surface area (Å²) in [4.78, 5) is 12.4. The molecule has 7 heteroatoms. The Morgan fingerprint density at radius 3 is 2.84 bits per heavy atom. The molecular formula is C12H17N5OS. The lowest BCUT2D eigenvalue weighted by molar-refractivity contribution is 0.266. The van der Waals surface area contributed by atoms with E-state index in [-0.39, 0.29) is 11.0 Å². The van der Waals surface area contributed by atoms with Crippen LogP contribution < -0.4 is 5.56 Å². The maximum atomic E-state index is 12.4. The SMILES string of the molecule is Cn1ncc2c(=O)n(CC3(CS)CCCC3)nnc21. The molecule has 1 saturated carbocycles. The zero-order valence-electron chi connectivity index (χ0n) is 10.9. The van der Waals surface area contributed by atoms with Crippen molar-refractivity contribution in [3.05, 3.63) is 16.6 Å². The molecule has 0 atom stereocenters. The topological polar surface area (TPSA) is 65.6 Å². The molecule has 0 unspecified atom stereocenters. The summed E-state index contributed by atoms with van der Waals surface area (Å²) in [5.74, 6) is 0.784. The molecule has 1 fully saturated rings. The first-order valence-electron chi connectivity index (χ1n) is 6.52. The highest BCUT2D eigenvalue weighted by molar-refractivity contribution is 7.80. The van der Waals surface area contributed by atoms with E-state index in [0.29, 0.717) is 17.6 Å². The van der Waals surface area contributed by atoms with Crippen LogP contribution >= 0.6 is 12.6 Å². The Morgan fingerprint density at radius 2 is 2.16 bits per heavy atom. The lowest BCUT2D eigenvalue weighted by Gasteiger charge is -2.26. The molecule has 0 aromatic carbocycles. The van der Waals surface area contributed by atoms with Gasteiger partial charge in [-0.1, -0.05) is 18.1 Å². The van der Waals surface area contributed by atoms with E-state index in [9.17, 15) is 4.79 Å². The van der Waals surface area contributed by atoms with Crippen LogP contribution in [0.5, 0.6) is 0 Å². The monoisotopic (exact) mass is 279 g/mol. The van der Waals surface area contributed by atoms with Crippen LogP contribution in [-0.2, 0) is 13.6 Å². The normalized spacial score (nSPS) is 18.2. The van der Waals surface area contributed by atoms with E-state index in [1.165, 1.54) is 17.5 Å². The third-order valence-electron chi connectivity index (χ3n) is 4.10. The Hall–Kier alpha value is -1.37. The van der Waals surface area contributed by atoms with Gasteiger partial charge in [-0.2, -0.15) is 17.7 Å². The van der Waals surface area contributed by atoms with Gasteiger partial charge in [0.15, 0.2) is 5.65 Å². The van der Waals surface area contributed by atoms with Gasteiger partial charge in [-0.15, -0.1) is 5.10 Å². The second kappa shape index (κ2) is 4.63. The van der Waals surface area contributed by atoms with Gasteiger partial charge in [0.2, 0.25) is 0 Å². The number of aromatic nitrogens is 5. The Morgan fingerprint density at radius 1 is 1.42 bits per heavy atom. The lowest BCUT2D eigenvalue weighted by atomic mass is 9.88. The van der Waals surface area contributed by atoms with Crippen LogP contribution in [0.4, 0.5) is 0 Å². The summed E-state index contributed by atoms with van der Waals surface area (Å²) in [6.07, 6.45) is 6.19. The van der Waals surface area contributed by atoms with E-state index in [0.717, 1.165) is 18.6 Å². The number of thiol groups is 1. The predicted octanol–water partition coefficient (Wildman–Crippen LogP) is 1.02. The molecule has 1 aliphatic rings. The predicted molar refractivity (Wildman–Crippen MR) is 75.3 cm³/mol. The quantitative estimate of drug-likeness (QED) is 0.852. The van der Waals surface area contributed by atoms with Crippen molar-refractivity contribution in [1.29, 1.82) is 0 Å². The van der Waals surface area contributed by atoms with Gasteiger partial charge in [-0.3, -0.25) is 4.79 Å². The van der Waals surface area contributed by atoms with Crippen molar-refractivity contribution in [2.75, 3.05) is 5.75 Å². The average Bonchev–Trinajstić information content (AvgIpc) is 3.02. The molecule has 0 radical (unpaired) electrons. The standard InChI is InChI=1S/C12H17N5OS/c1-16-10-9(6-13-16)11(18)17(15-14-10)7-12(8-19)4-2-3-5-12/h6,19H,2-5,7-8H2,1H3. The molecule has 2 aromatic heterocycles. The number of hydrogen-bond acceptors (Lipinski definition) is 5. The number of fused-ring (bicyclic) bond motifs is 1. The van der Waals surface area contributed by atoms with E-state index in [2.05, 4.69) is 28.0 Å². The summed E-state index contributed by atoms with van der Waals surface area (Å²) in [7, 11) is 1.76. The van der Waals surface area contributed by atoms with E-state index < -0.39 is 0 Å². The molecule has 1 aliphatic carbocycles. The molecule has 102 valence electrons. The van der Waals surface area contributed by atoms with E-state index in [4.69, 9.17) is 0 Å². The number of aryl methyl sites for hydroxylation is 1. The van der Waals surface area contributed by atoms with Crippen molar-refractivity contribution in [3.8, 4) is 0 Å². The van der Waals surface area contributed by atoms with Gasteiger partial charge in [0.1, 0.15) is 5.39 Å². The minimum absolute atomic E-state index is 0.0947. The Bertz CT molecular complexity index is 656. The van der Waals surface area contributed by atoms with E-state index in [1.807, 2.05) is 0 Å². The van der Waals surface area contributed by atoms with Gasteiger partial charge in [0.05, 0.1) is 12.7 Å². The van der Waals surface area contributed by atoms with Gasteiger partial charge >= 0.3 is 0 Å². The molecule has 3 rings (SSSR count). The minimum atomic E-state index is -0.105. The largest absolute Gasteiger partial charge is 0.280 e. The molecule has 0 saturated heterocycles. The molecule has 19 heavy (non-hydrogen) atoms. The second-order valence-corrected chi connectivity index (χ2v) is 5.74. The Kier molecular flexibility index (Phi) is 3.08. The summed E-state index contributed by atoms with van der Waals surface area (Å²) in [6.45, 7) is 0.604. The zero-order valence-corrected chi connectivity index (χ0v) is 11.8. The molecule has 0 N–H and O–H groups in total. The van der Waals surface area contributed by atoms with Gasteiger partial charge in [-0.05, 0) is 24.0 Å². The van der Waals surface area contributed by atoms with Gasteiger partial charge in [-0.25, -0.2) is 9.36 Å². The molecule has 2 heterocycles. The summed E-state index contributed by atoms with van der Waals surface area (Å²) < 4.78 is 3.05. The lowest BCUT2D eigenvalue weighted by Crippen LogP contribution is -2.34. The van der Waals surface area contributed by atoms with Crippen molar-refractivity contribution in [2.45, 2.75) is 32.2 Å². The average molecular weight is 279 g/mol. The van der Waals surface area contributed by atoms with Crippen molar-refractivity contribution in [1.82, 2.24) is 24.8 Å². The third-order valence-corrected chi connectivity index (χ3v) is 4.78. The molecular weight excluding hydrogens is 262 g/mol. The maximum Gasteiger partial charge on any atom is 0.280 e. The zero-order chi connectivity index (χ0) is 13.5. The first-order valence-corrected chi connectivity index (χ1v) is 7.15. The van der Waals surface area contributed by atoms with Crippen LogP contribution in [-0.4, -0.2) is 30.5 Å². The van der Waals surface area contributed by atoms with Gasteiger partial charge < -0.3 is 0 Å². The minimum Gasteiger partial charge on any atom is -0.267 e. The van der Waals surface area contributed by atoms with Crippen LogP contribution in [0.2, 0.25) is 0 Å². The van der Waals surface area contributed by atoms with Crippen molar-refractivity contribution >= 4 is 23.7 Å². The summed E-state index contributed by atoms with van der Waals surface area (Å²) in [5, 5.41) is 12.7. The van der Waals surface area contributed by atoms with Crippen LogP contribution in [0.25, 0.3) is 11.0 Å². The van der Waals surface area contributed by atoms with Gasteiger partial charge in [0, 0.05) is 7.05 Å². The van der Waals surface area contributed by atoms with Gasteiger partial charge in [0.25, 0.3) is 5.56 Å². The van der Waals surface area contributed by atoms with Crippen LogP contribution in [0.1, 0.15) is 25.7 Å². The summed E-state index contributed by atoms with van der Waals surface area (Å²) >= 11 is 4.46. The van der Waals surface area contributed by atoms with Crippen LogP contribution in [0.3, 0.4) is 0 Å². The Balaban J connectivity index is 2.01. The number of rotatable bonds is 3. The number of hydrogen-bond donors (Lipinski definition) is 1. The van der Waals surface area contributed by atoms with Crippen molar-refractivity contribution in [3.63, 3.8) is 0 Å². The fourth-order valence-electron chi connectivity index (χ4n) is 2.89. The van der Waals surface area contributed by atoms with E-state index in [1.54, 1.807) is 17.9 Å². The van der Waals surface area contributed by atoms with E-state index >= 15 is 0 Å². The number of nitrogens with zero attached hydrogens (tertiary/aromatic N) is 5. The fraction of sp³-hybridized carbons (Fsp3) is 0.667. The molecule has 0 amide bonds. The maximum absolute atomic E-state index is 12.4. The van der Waals surface area contributed by atoms with Crippen LogP contribution in [0, 0.1) is 5.41 Å². The Labute approximate surface area is 116 Å². The highest BCUT2D eigenvalue weighted by Crippen LogP contribution is 2.40. The second-order valence-electron chi connectivity index (χ2n) is 5.42. The van der Waals surface area contributed by atoms with Crippen molar-refractivity contribution in [2.24, 2.45) is 12.5 Å². The third kappa shape index (κ3) is 2.05.